The molecule has 0 aromatic heterocycles. The van der Waals surface area contributed by atoms with Crippen LogP contribution in [-0.2, 0) is 0 Å². The molecular formula is C9H10Cl3N2+. The van der Waals surface area contributed by atoms with Crippen molar-refractivity contribution < 1.29 is 1.43 Å². The van der Waals surface area contributed by atoms with E-state index in [1.165, 1.54) is 0 Å². The molecule has 0 fully saturated rings. The second-order valence-electron chi connectivity index (χ2n) is 3.03. The molecule has 0 aliphatic carbocycles. The van der Waals surface area contributed by atoms with Crippen LogP contribution in [0.25, 0.3) is 0 Å². The molecule has 14 heavy (non-hydrogen) atoms. The summed E-state index contributed by atoms with van der Waals surface area (Å²) in [4.78, 5) is 0. The first-order valence-corrected chi connectivity index (χ1v) is 5.19. The predicted molar refractivity (Wildman–Crippen MR) is 62.2 cm³/mol. The molecule has 5 heteroatoms. The van der Waals surface area contributed by atoms with Crippen LogP contribution in [0.1, 0.15) is 15.3 Å². The Bertz CT molecular complexity index is 343. The van der Waals surface area contributed by atoms with Gasteiger partial charge in [-0.25, -0.2) is 0 Å². The second kappa shape index (κ2) is 4.96. The van der Waals surface area contributed by atoms with Gasteiger partial charge in [-0.3, -0.25) is 0 Å². The van der Waals surface area contributed by atoms with E-state index in [1.807, 2.05) is 13.8 Å². The Kier molecular flexibility index (Phi) is 4.17. The second-order valence-corrected chi connectivity index (χ2v) is 4.28. The molecule has 0 saturated carbocycles. The molecule has 0 atom stereocenters. The van der Waals surface area contributed by atoms with Gasteiger partial charge in [-0.15, -0.1) is 0 Å². The van der Waals surface area contributed by atoms with Crippen molar-refractivity contribution in [3.8, 4) is 0 Å². The average molecular weight is 253 g/mol. The van der Waals surface area contributed by atoms with Crippen molar-refractivity contribution in [1.82, 2.24) is 0 Å². The Morgan fingerprint density at radius 2 is 1.64 bits per heavy atom. The van der Waals surface area contributed by atoms with Crippen molar-refractivity contribution in [2.24, 2.45) is 10.2 Å². The molecule has 76 valence electrons. The van der Waals surface area contributed by atoms with Gasteiger partial charge in [0.25, 0.3) is 0 Å². The Balaban J connectivity index is 0.00000196. The summed E-state index contributed by atoms with van der Waals surface area (Å²) < 4.78 is 0. The van der Waals surface area contributed by atoms with E-state index < -0.39 is 0 Å². The lowest BCUT2D eigenvalue weighted by Gasteiger charge is -2.01. The molecule has 0 spiro atoms. The van der Waals surface area contributed by atoms with E-state index in [1.54, 1.807) is 12.1 Å². The maximum Gasteiger partial charge on any atom is 1.00 e. The summed E-state index contributed by atoms with van der Waals surface area (Å²) in [5.74, 6) is 0. The van der Waals surface area contributed by atoms with E-state index in [0.717, 1.165) is 0 Å². The van der Waals surface area contributed by atoms with E-state index in [9.17, 15) is 0 Å². The molecule has 0 amide bonds. The van der Waals surface area contributed by atoms with E-state index in [2.05, 4.69) is 10.2 Å². The molecule has 0 aliphatic heterocycles. The molecule has 0 radical (unpaired) electrons. The summed E-state index contributed by atoms with van der Waals surface area (Å²) in [7, 11) is 0. The first-order valence-electron chi connectivity index (χ1n) is 4.06. The lowest BCUT2D eigenvalue weighted by Crippen LogP contribution is -1.84. The van der Waals surface area contributed by atoms with Crippen molar-refractivity contribution in [2.45, 2.75) is 19.9 Å². The van der Waals surface area contributed by atoms with Crippen LogP contribution in [0.2, 0.25) is 15.1 Å². The standard InChI is InChI=1S/C9H9Cl3N2/c1-5(2)13-14-9-7(11)3-6(10)4-8(9)12/h3-5H,1-2H3/p+1. The zero-order chi connectivity index (χ0) is 10.7. The monoisotopic (exact) mass is 251 g/mol. The van der Waals surface area contributed by atoms with Gasteiger partial charge >= 0.3 is 1.43 Å². The Hall–Kier alpha value is -0.310. The number of azo groups is 1. The molecule has 0 bridgehead atoms. The van der Waals surface area contributed by atoms with Crippen molar-refractivity contribution in [3.63, 3.8) is 0 Å². The molecule has 0 heterocycles. The SMILES string of the molecule is CC(C)N=Nc1c(Cl)cc(Cl)cc1Cl.[H+]. The van der Waals surface area contributed by atoms with Crippen LogP contribution in [0.3, 0.4) is 0 Å². The fourth-order valence-corrected chi connectivity index (χ4v) is 1.70. The summed E-state index contributed by atoms with van der Waals surface area (Å²) in [6.07, 6.45) is 0. The van der Waals surface area contributed by atoms with Crippen molar-refractivity contribution >= 4 is 40.5 Å². The minimum absolute atomic E-state index is 0. The van der Waals surface area contributed by atoms with Crippen LogP contribution in [-0.4, -0.2) is 6.04 Å². The lowest BCUT2D eigenvalue weighted by atomic mass is 10.3. The highest BCUT2D eigenvalue weighted by molar-refractivity contribution is 6.41. The lowest BCUT2D eigenvalue weighted by molar-refractivity contribution is 0.779. The average Bonchev–Trinajstić information content (AvgIpc) is 2.01. The molecule has 0 unspecified atom stereocenters. The first-order chi connectivity index (χ1) is 6.50. The van der Waals surface area contributed by atoms with Crippen LogP contribution >= 0.6 is 34.8 Å². The van der Waals surface area contributed by atoms with Crippen molar-refractivity contribution in [3.05, 3.63) is 27.2 Å². The molecule has 0 saturated heterocycles. The molecular weight excluding hydrogens is 242 g/mol. The normalized spacial score (nSPS) is 11.6. The topological polar surface area (TPSA) is 24.7 Å². The number of hydrogen-bond acceptors (Lipinski definition) is 2. The van der Waals surface area contributed by atoms with Gasteiger partial charge in [-0.2, -0.15) is 10.2 Å². The minimum Gasteiger partial charge on any atom is -0.186 e. The third-order valence-electron chi connectivity index (χ3n) is 1.37. The van der Waals surface area contributed by atoms with E-state index in [0.29, 0.717) is 20.8 Å². The molecule has 0 N–H and O–H groups in total. The number of hydrogen-bond donors (Lipinski definition) is 0. The van der Waals surface area contributed by atoms with Crippen LogP contribution in [0.4, 0.5) is 5.69 Å². The van der Waals surface area contributed by atoms with Gasteiger partial charge in [0.2, 0.25) is 0 Å². The summed E-state index contributed by atoms with van der Waals surface area (Å²) >= 11 is 17.5. The van der Waals surface area contributed by atoms with Gasteiger partial charge in [-0.1, -0.05) is 34.8 Å². The largest absolute Gasteiger partial charge is 1.00 e. The summed E-state index contributed by atoms with van der Waals surface area (Å²) in [6.45, 7) is 3.84. The molecule has 1 aromatic carbocycles. The maximum atomic E-state index is 5.90. The number of benzene rings is 1. The number of nitrogens with zero attached hydrogens (tertiary/aromatic N) is 2. The highest BCUT2D eigenvalue weighted by atomic mass is 35.5. The number of rotatable bonds is 2. The smallest absolute Gasteiger partial charge is 0.186 e. The Morgan fingerprint density at radius 3 is 2.07 bits per heavy atom. The van der Waals surface area contributed by atoms with Gasteiger partial charge in [0.05, 0.1) is 16.1 Å². The molecule has 1 rings (SSSR count). The summed E-state index contributed by atoms with van der Waals surface area (Å²) in [5.41, 5.74) is 0.464. The van der Waals surface area contributed by atoms with E-state index >= 15 is 0 Å². The van der Waals surface area contributed by atoms with Gasteiger partial charge in [0, 0.05) is 5.02 Å². The third-order valence-corrected chi connectivity index (χ3v) is 2.16. The van der Waals surface area contributed by atoms with Gasteiger partial charge < -0.3 is 0 Å². The van der Waals surface area contributed by atoms with Crippen LogP contribution < -0.4 is 0 Å². The molecule has 2 nitrogen and oxygen atoms in total. The van der Waals surface area contributed by atoms with Gasteiger partial charge in [0.15, 0.2) is 0 Å². The summed E-state index contributed by atoms with van der Waals surface area (Å²) in [6, 6.07) is 3.28. The van der Waals surface area contributed by atoms with Crippen LogP contribution in [0.15, 0.2) is 22.4 Å². The summed E-state index contributed by atoms with van der Waals surface area (Å²) in [5, 5.41) is 9.22. The Labute approximate surface area is 99.4 Å². The first kappa shape index (κ1) is 11.8. The van der Waals surface area contributed by atoms with Gasteiger partial charge in [0.1, 0.15) is 5.69 Å². The maximum absolute atomic E-state index is 5.90. The fraction of sp³-hybridized carbons (Fsp3) is 0.333. The molecule has 1 aromatic rings. The molecule has 0 aliphatic rings. The zero-order valence-corrected chi connectivity index (χ0v) is 10.0. The highest BCUT2D eigenvalue weighted by Crippen LogP contribution is 2.36. The highest BCUT2D eigenvalue weighted by Gasteiger charge is 2.06. The third kappa shape index (κ3) is 3.12. The van der Waals surface area contributed by atoms with E-state index in [4.69, 9.17) is 34.8 Å². The Morgan fingerprint density at radius 1 is 1.14 bits per heavy atom. The van der Waals surface area contributed by atoms with E-state index in [-0.39, 0.29) is 7.47 Å². The minimum atomic E-state index is 0. The zero-order valence-electron chi connectivity index (χ0n) is 8.76. The van der Waals surface area contributed by atoms with Crippen LogP contribution in [0.5, 0.6) is 0 Å². The van der Waals surface area contributed by atoms with Gasteiger partial charge in [-0.05, 0) is 26.0 Å². The van der Waals surface area contributed by atoms with Crippen LogP contribution in [0, 0.1) is 0 Å². The van der Waals surface area contributed by atoms with Crippen molar-refractivity contribution in [2.75, 3.05) is 0 Å². The van der Waals surface area contributed by atoms with Crippen molar-refractivity contribution in [1.29, 1.82) is 0 Å². The predicted octanol–water partition coefficient (Wildman–Crippen LogP) is 5.25. The number of halogens is 3. The quantitative estimate of drug-likeness (QED) is 0.642. The fourth-order valence-electron chi connectivity index (χ4n) is 0.803.